The summed E-state index contributed by atoms with van der Waals surface area (Å²) in [4.78, 5) is 32.9. The van der Waals surface area contributed by atoms with Gasteiger partial charge in [0.05, 0.1) is 12.8 Å². The van der Waals surface area contributed by atoms with Crippen molar-refractivity contribution in [2.24, 2.45) is 5.73 Å². The molecular weight excluding hydrogens is 450 g/mol. The summed E-state index contributed by atoms with van der Waals surface area (Å²) in [5.41, 5.74) is 11.3. The third-order valence-corrected chi connectivity index (χ3v) is 6.04. The Morgan fingerprint density at radius 1 is 1.00 bits per heavy atom. The van der Waals surface area contributed by atoms with Crippen molar-refractivity contribution in [2.75, 3.05) is 0 Å². The van der Waals surface area contributed by atoms with Crippen LogP contribution in [0.4, 0.5) is 0 Å². The average molecular weight is 488 g/mol. The lowest BCUT2D eigenvalue weighted by atomic mass is 9.96. The van der Waals surface area contributed by atoms with E-state index in [1.807, 2.05) is 65.1 Å². The molecule has 0 aliphatic rings. The Bertz CT molecular complexity index is 1200. The van der Waals surface area contributed by atoms with Crippen molar-refractivity contribution in [1.29, 1.82) is 0 Å². The molecule has 1 aromatic heterocycles. The van der Waals surface area contributed by atoms with Gasteiger partial charge in [0.2, 0.25) is 5.91 Å². The van der Waals surface area contributed by atoms with Crippen LogP contribution in [-0.4, -0.2) is 27.4 Å². The van der Waals surface area contributed by atoms with Crippen molar-refractivity contribution in [3.63, 3.8) is 0 Å². The fraction of sp³-hybridized carbons (Fsp3) is 0.400. The first-order valence-corrected chi connectivity index (χ1v) is 12.5. The van der Waals surface area contributed by atoms with E-state index >= 15 is 0 Å². The van der Waals surface area contributed by atoms with Gasteiger partial charge in [0.25, 0.3) is 0 Å². The molecule has 0 saturated carbocycles. The molecule has 3 aromatic rings. The van der Waals surface area contributed by atoms with Crippen molar-refractivity contribution < 1.29 is 14.3 Å². The maximum absolute atomic E-state index is 12.2. The minimum absolute atomic E-state index is 0.0774. The predicted molar refractivity (Wildman–Crippen MR) is 142 cm³/mol. The number of aromatic nitrogens is 2. The van der Waals surface area contributed by atoms with Crippen LogP contribution in [0.25, 0.3) is 0 Å². The first-order valence-electron chi connectivity index (χ1n) is 12.5. The highest BCUT2D eigenvalue weighted by molar-refractivity contribution is 5.77. The van der Waals surface area contributed by atoms with Crippen LogP contribution in [0.1, 0.15) is 79.4 Å². The van der Waals surface area contributed by atoms with Gasteiger partial charge in [-0.25, -0.2) is 9.97 Å². The molecular formula is C30H37N3O3. The molecule has 1 atom stereocenters. The Balaban J connectivity index is 1.63. The van der Waals surface area contributed by atoms with Crippen LogP contribution in [0.3, 0.4) is 0 Å². The molecule has 0 radical (unpaired) electrons. The number of ether oxygens (including phenoxy) is 1. The summed E-state index contributed by atoms with van der Waals surface area (Å²) < 4.78 is 5.45. The van der Waals surface area contributed by atoms with Gasteiger partial charge in [-0.05, 0) is 74.3 Å². The summed E-state index contributed by atoms with van der Waals surface area (Å²) in [7, 11) is 0. The second kappa shape index (κ2) is 11.9. The lowest BCUT2D eigenvalue weighted by Gasteiger charge is -2.21. The Morgan fingerprint density at radius 3 is 2.31 bits per heavy atom. The van der Waals surface area contributed by atoms with E-state index < -0.39 is 5.60 Å². The number of benzene rings is 2. The SMILES string of the molecule is Cc1cnc(Cc2ccc(C(C)CC(=O)OC(C)(C)C)cc2)nc1CCc1ccccc1CC(N)=O. The summed E-state index contributed by atoms with van der Waals surface area (Å²) in [6, 6.07) is 16.2. The molecule has 1 amide bonds. The highest BCUT2D eigenvalue weighted by Crippen LogP contribution is 2.22. The van der Waals surface area contributed by atoms with Crippen LogP contribution in [0.2, 0.25) is 0 Å². The zero-order chi connectivity index (χ0) is 26.3. The van der Waals surface area contributed by atoms with E-state index in [4.69, 9.17) is 15.5 Å². The average Bonchev–Trinajstić information content (AvgIpc) is 2.79. The van der Waals surface area contributed by atoms with E-state index in [9.17, 15) is 9.59 Å². The normalized spacial score (nSPS) is 12.2. The number of nitrogens with two attached hydrogens (primary N) is 1. The summed E-state index contributed by atoms with van der Waals surface area (Å²) >= 11 is 0. The van der Waals surface area contributed by atoms with E-state index in [0.29, 0.717) is 12.8 Å². The molecule has 0 saturated heterocycles. The maximum Gasteiger partial charge on any atom is 0.306 e. The molecule has 0 bridgehead atoms. The molecule has 0 spiro atoms. The highest BCUT2D eigenvalue weighted by Gasteiger charge is 2.19. The van der Waals surface area contributed by atoms with Gasteiger partial charge in [-0.3, -0.25) is 9.59 Å². The van der Waals surface area contributed by atoms with Gasteiger partial charge in [0.15, 0.2) is 0 Å². The second-order valence-electron chi connectivity index (χ2n) is 10.4. The summed E-state index contributed by atoms with van der Waals surface area (Å²) in [6.45, 7) is 9.70. The second-order valence-corrected chi connectivity index (χ2v) is 10.4. The number of rotatable bonds is 10. The van der Waals surface area contributed by atoms with E-state index in [-0.39, 0.29) is 24.2 Å². The lowest BCUT2D eigenvalue weighted by molar-refractivity contribution is -0.155. The lowest BCUT2D eigenvalue weighted by Crippen LogP contribution is -2.24. The Morgan fingerprint density at radius 2 is 1.67 bits per heavy atom. The van der Waals surface area contributed by atoms with Gasteiger partial charge in [-0.15, -0.1) is 0 Å². The molecule has 0 aliphatic heterocycles. The molecule has 6 heteroatoms. The van der Waals surface area contributed by atoms with Crippen molar-refractivity contribution in [2.45, 2.75) is 78.2 Å². The van der Waals surface area contributed by atoms with E-state index in [2.05, 4.69) is 29.2 Å². The number of carbonyl (C=O) groups excluding carboxylic acids is 2. The minimum atomic E-state index is -0.472. The molecule has 0 aliphatic carbocycles. The molecule has 3 rings (SSSR count). The summed E-state index contributed by atoms with van der Waals surface area (Å²) in [5.74, 6) is 0.342. The number of hydrogen-bond acceptors (Lipinski definition) is 5. The molecule has 2 N–H and O–H groups in total. The van der Waals surface area contributed by atoms with E-state index in [1.165, 1.54) is 0 Å². The van der Waals surface area contributed by atoms with Gasteiger partial charge >= 0.3 is 5.97 Å². The molecule has 2 aromatic carbocycles. The van der Waals surface area contributed by atoms with Crippen LogP contribution in [-0.2, 0) is 40.0 Å². The molecule has 1 unspecified atom stereocenters. The van der Waals surface area contributed by atoms with E-state index in [1.54, 1.807) is 0 Å². The van der Waals surface area contributed by atoms with Gasteiger partial charge in [-0.2, -0.15) is 0 Å². The van der Waals surface area contributed by atoms with Gasteiger partial charge < -0.3 is 10.5 Å². The number of carbonyl (C=O) groups is 2. The topological polar surface area (TPSA) is 95.2 Å². The molecule has 6 nitrogen and oxygen atoms in total. The third-order valence-electron chi connectivity index (χ3n) is 6.04. The van der Waals surface area contributed by atoms with Crippen molar-refractivity contribution in [3.8, 4) is 0 Å². The molecule has 0 fully saturated rings. The van der Waals surface area contributed by atoms with Crippen LogP contribution < -0.4 is 5.73 Å². The maximum atomic E-state index is 12.2. The van der Waals surface area contributed by atoms with Gasteiger partial charge in [0.1, 0.15) is 11.4 Å². The summed E-state index contributed by atoms with van der Waals surface area (Å²) in [5, 5.41) is 0. The van der Waals surface area contributed by atoms with Crippen LogP contribution in [0, 0.1) is 6.92 Å². The minimum Gasteiger partial charge on any atom is -0.460 e. The van der Waals surface area contributed by atoms with Crippen LogP contribution in [0.15, 0.2) is 54.7 Å². The number of primary amides is 1. The zero-order valence-electron chi connectivity index (χ0n) is 22.0. The smallest absolute Gasteiger partial charge is 0.306 e. The Hall–Kier alpha value is -3.54. The number of hydrogen-bond donors (Lipinski definition) is 1. The van der Waals surface area contributed by atoms with Crippen LogP contribution in [0.5, 0.6) is 0 Å². The monoisotopic (exact) mass is 487 g/mol. The fourth-order valence-corrected chi connectivity index (χ4v) is 4.17. The van der Waals surface area contributed by atoms with Gasteiger partial charge in [0, 0.05) is 18.3 Å². The molecule has 190 valence electrons. The quantitative estimate of drug-likeness (QED) is 0.405. The van der Waals surface area contributed by atoms with Gasteiger partial charge in [-0.1, -0.05) is 55.5 Å². The number of nitrogens with zero attached hydrogens (tertiary/aromatic N) is 2. The summed E-state index contributed by atoms with van der Waals surface area (Å²) in [6.07, 6.45) is 4.65. The Kier molecular flexibility index (Phi) is 8.97. The highest BCUT2D eigenvalue weighted by atomic mass is 16.6. The number of esters is 1. The zero-order valence-corrected chi connectivity index (χ0v) is 22.0. The van der Waals surface area contributed by atoms with Crippen LogP contribution >= 0.6 is 0 Å². The standard InChI is InChI=1S/C30H37N3O3/c1-20(16-29(35)36-30(3,4)5)23-12-10-22(11-13-23)17-28-32-19-21(2)26(33-28)15-14-24-8-6-7-9-25(24)18-27(31)34/h6-13,19-20H,14-18H2,1-5H3,(H2,31,34). The predicted octanol–water partition coefficient (Wildman–Crippen LogP) is 5.02. The first kappa shape index (κ1) is 27.1. The third kappa shape index (κ3) is 8.29. The molecule has 1 heterocycles. The number of amides is 1. The number of aryl methyl sites for hydroxylation is 3. The van der Waals surface area contributed by atoms with Crippen molar-refractivity contribution in [1.82, 2.24) is 9.97 Å². The van der Waals surface area contributed by atoms with Crippen molar-refractivity contribution in [3.05, 3.63) is 94.1 Å². The van der Waals surface area contributed by atoms with Crippen molar-refractivity contribution >= 4 is 11.9 Å². The van der Waals surface area contributed by atoms with E-state index in [0.717, 1.165) is 52.2 Å². The first-order chi connectivity index (χ1) is 17.0. The Labute approximate surface area is 214 Å². The largest absolute Gasteiger partial charge is 0.460 e. The fourth-order valence-electron chi connectivity index (χ4n) is 4.17. The molecule has 36 heavy (non-hydrogen) atoms.